The third-order valence-electron chi connectivity index (χ3n) is 3.27. The summed E-state index contributed by atoms with van der Waals surface area (Å²) in [4.78, 5) is 10.7. The molecule has 0 aromatic rings. The minimum atomic E-state index is -0.787. The number of hydrogen-bond acceptors (Lipinski definition) is 4. The lowest BCUT2D eigenvalue weighted by molar-refractivity contribution is -0.139. The van der Waals surface area contributed by atoms with Gasteiger partial charge < -0.3 is 20.8 Å². The van der Waals surface area contributed by atoms with Crippen molar-refractivity contribution in [1.82, 2.24) is 10.6 Å². The highest BCUT2D eigenvalue weighted by Crippen LogP contribution is 2.32. The Bertz CT molecular complexity index is 249. The Kier molecular flexibility index (Phi) is 2.95. The SMILES string of the molecule is O=C(O)CC1(NCC(O)C2CC2)CNC1. The van der Waals surface area contributed by atoms with Gasteiger partial charge in [-0.3, -0.25) is 4.79 Å². The maximum atomic E-state index is 10.7. The van der Waals surface area contributed by atoms with Crippen molar-refractivity contribution in [3.8, 4) is 0 Å². The van der Waals surface area contributed by atoms with Crippen molar-refractivity contribution in [1.29, 1.82) is 0 Å². The first-order valence-electron chi connectivity index (χ1n) is 5.47. The Morgan fingerprint density at radius 2 is 2.20 bits per heavy atom. The molecule has 2 rings (SSSR count). The smallest absolute Gasteiger partial charge is 0.305 e. The maximum absolute atomic E-state index is 10.7. The minimum Gasteiger partial charge on any atom is -0.481 e. The first-order chi connectivity index (χ1) is 7.11. The molecule has 1 heterocycles. The predicted molar refractivity (Wildman–Crippen MR) is 54.6 cm³/mol. The van der Waals surface area contributed by atoms with Gasteiger partial charge in [-0.1, -0.05) is 0 Å². The number of carboxylic acid groups (broad SMARTS) is 1. The minimum absolute atomic E-state index is 0.122. The molecule has 2 aliphatic rings. The van der Waals surface area contributed by atoms with Gasteiger partial charge in [0.2, 0.25) is 0 Å². The molecule has 0 amide bonds. The van der Waals surface area contributed by atoms with E-state index in [1.54, 1.807) is 0 Å². The molecule has 2 fully saturated rings. The summed E-state index contributed by atoms with van der Waals surface area (Å²) in [5, 5.41) is 24.7. The summed E-state index contributed by atoms with van der Waals surface area (Å²) in [7, 11) is 0. The molecule has 1 saturated heterocycles. The normalized spacial score (nSPS) is 25.7. The number of nitrogens with one attached hydrogen (secondary N) is 2. The molecule has 15 heavy (non-hydrogen) atoms. The second-order valence-corrected chi connectivity index (χ2v) is 4.74. The van der Waals surface area contributed by atoms with Gasteiger partial charge in [0.25, 0.3) is 0 Å². The van der Waals surface area contributed by atoms with Gasteiger partial charge in [0, 0.05) is 19.6 Å². The van der Waals surface area contributed by atoms with E-state index in [1.807, 2.05) is 0 Å². The lowest BCUT2D eigenvalue weighted by Gasteiger charge is -2.43. The zero-order chi connectivity index (χ0) is 10.9. The molecule has 1 unspecified atom stereocenters. The fraction of sp³-hybridized carbons (Fsp3) is 0.900. The van der Waals surface area contributed by atoms with E-state index in [0.29, 0.717) is 25.6 Å². The van der Waals surface area contributed by atoms with Crippen molar-refractivity contribution in [3.05, 3.63) is 0 Å². The number of β-amino-alcohol motifs (C(OH)–C–C–N with tert-alkyl or cyclic N) is 1. The zero-order valence-corrected chi connectivity index (χ0v) is 8.70. The van der Waals surface area contributed by atoms with E-state index in [0.717, 1.165) is 12.8 Å². The third-order valence-corrected chi connectivity index (χ3v) is 3.27. The molecule has 0 aromatic heterocycles. The number of hydrogen-bond donors (Lipinski definition) is 4. The summed E-state index contributed by atoms with van der Waals surface area (Å²) >= 11 is 0. The quantitative estimate of drug-likeness (QED) is 0.464. The van der Waals surface area contributed by atoms with Crippen LogP contribution in [0.1, 0.15) is 19.3 Å². The van der Waals surface area contributed by atoms with E-state index < -0.39 is 5.97 Å². The van der Waals surface area contributed by atoms with E-state index in [9.17, 15) is 9.90 Å². The first kappa shape index (κ1) is 10.9. The van der Waals surface area contributed by atoms with Crippen molar-refractivity contribution >= 4 is 5.97 Å². The molecular formula is C10H18N2O3. The molecule has 5 nitrogen and oxygen atoms in total. The molecule has 0 radical (unpaired) electrons. The molecule has 1 atom stereocenters. The fourth-order valence-corrected chi connectivity index (χ4v) is 2.00. The topological polar surface area (TPSA) is 81.6 Å². The average Bonchev–Trinajstić information content (AvgIpc) is 2.91. The number of carbonyl (C=O) groups is 1. The van der Waals surface area contributed by atoms with Crippen molar-refractivity contribution < 1.29 is 15.0 Å². The van der Waals surface area contributed by atoms with Crippen LogP contribution in [0.15, 0.2) is 0 Å². The van der Waals surface area contributed by atoms with Gasteiger partial charge in [-0.15, -0.1) is 0 Å². The lowest BCUT2D eigenvalue weighted by atomic mass is 9.88. The van der Waals surface area contributed by atoms with Crippen LogP contribution in [0.5, 0.6) is 0 Å². The van der Waals surface area contributed by atoms with Crippen molar-refractivity contribution in [2.24, 2.45) is 5.92 Å². The molecule has 86 valence electrons. The summed E-state index contributed by atoms with van der Waals surface area (Å²) in [6, 6.07) is 0. The second kappa shape index (κ2) is 4.08. The van der Waals surface area contributed by atoms with Crippen molar-refractivity contribution in [2.45, 2.75) is 30.9 Å². The van der Waals surface area contributed by atoms with Gasteiger partial charge in [-0.25, -0.2) is 0 Å². The molecule has 1 saturated carbocycles. The highest BCUT2D eigenvalue weighted by molar-refractivity contribution is 5.68. The van der Waals surface area contributed by atoms with Gasteiger partial charge >= 0.3 is 5.97 Å². The van der Waals surface area contributed by atoms with E-state index >= 15 is 0 Å². The van der Waals surface area contributed by atoms with E-state index in [-0.39, 0.29) is 18.1 Å². The van der Waals surface area contributed by atoms with Gasteiger partial charge in [0.15, 0.2) is 0 Å². The Morgan fingerprint density at radius 1 is 1.53 bits per heavy atom. The molecule has 0 spiro atoms. The summed E-state index contributed by atoms with van der Waals surface area (Å²) in [6.45, 7) is 1.87. The molecular weight excluding hydrogens is 196 g/mol. The number of aliphatic hydroxyl groups excluding tert-OH is 1. The summed E-state index contributed by atoms with van der Waals surface area (Å²) in [5.74, 6) is -0.350. The lowest BCUT2D eigenvalue weighted by Crippen LogP contribution is -2.69. The van der Waals surface area contributed by atoms with Crippen LogP contribution in [0.4, 0.5) is 0 Å². The summed E-state index contributed by atoms with van der Waals surface area (Å²) in [5.41, 5.74) is -0.332. The highest BCUT2D eigenvalue weighted by atomic mass is 16.4. The number of aliphatic hydroxyl groups is 1. The standard InChI is InChI=1S/C10H18N2O3/c13-8(7-1-2-7)4-12-10(3-9(14)15)5-11-6-10/h7-8,11-13H,1-6H2,(H,14,15). The van der Waals surface area contributed by atoms with E-state index in [1.165, 1.54) is 0 Å². The molecule has 0 bridgehead atoms. The predicted octanol–water partition coefficient (Wildman–Crippen LogP) is -0.836. The average molecular weight is 214 g/mol. The van der Waals surface area contributed by atoms with Crippen LogP contribution < -0.4 is 10.6 Å². The number of rotatable bonds is 6. The molecule has 4 N–H and O–H groups in total. The van der Waals surface area contributed by atoms with E-state index in [2.05, 4.69) is 10.6 Å². The van der Waals surface area contributed by atoms with Crippen LogP contribution in [-0.2, 0) is 4.79 Å². The van der Waals surface area contributed by atoms with Gasteiger partial charge in [-0.05, 0) is 18.8 Å². The zero-order valence-electron chi connectivity index (χ0n) is 8.70. The molecule has 5 heteroatoms. The van der Waals surface area contributed by atoms with E-state index in [4.69, 9.17) is 5.11 Å². The van der Waals surface area contributed by atoms with Crippen molar-refractivity contribution in [2.75, 3.05) is 19.6 Å². The molecule has 1 aliphatic heterocycles. The largest absolute Gasteiger partial charge is 0.481 e. The number of carboxylic acids is 1. The summed E-state index contributed by atoms with van der Waals surface area (Å²) in [6.07, 6.45) is 2.02. The highest BCUT2D eigenvalue weighted by Gasteiger charge is 2.40. The van der Waals surface area contributed by atoms with Gasteiger partial charge in [0.05, 0.1) is 18.1 Å². The molecule has 0 aromatic carbocycles. The van der Waals surface area contributed by atoms with Crippen LogP contribution >= 0.6 is 0 Å². The van der Waals surface area contributed by atoms with Gasteiger partial charge in [-0.2, -0.15) is 0 Å². The second-order valence-electron chi connectivity index (χ2n) is 4.74. The Balaban J connectivity index is 1.76. The Hall–Kier alpha value is -0.650. The van der Waals surface area contributed by atoms with Crippen LogP contribution in [0.2, 0.25) is 0 Å². The van der Waals surface area contributed by atoms with Gasteiger partial charge in [0.1, 0.15) is 0 Å². The maximum Gasteiger partial charge on any atom is 0.305 e. The van der Waals surface area contributed by atoms with Crippen LogP contribution in [0, 0.1) is 5.92 Å². The van der Waals surface area contributed by atoms with Crippen LogP contribution in [0.25, 0.3) is 0 Å². The Morgan fingerprint density at radius 3 is 2.60 bits per heavy atom. The third kappa shape index (κ3) is 2.68. The monoisotopic (exact) mass is 214 g/mol. The van der Waals surface area contributed by atoms with Crippen molar-refractivity contribution in [3.63, 3.8) is 0 Å². The first-order valence-corrected chi connectivity index (χ1v) is 5.47. The molecule has 1 aliphatic carbocycles. The number of aliphatic carboxylic acids is 1. The van der Waals surface area contributed by atoms with Crippen LogP contribution in [0.3, 0.4) is 0 Å². The summed E-state index contributed by atoms with van der Waals surface area (Å²) < 4.78 is 0. The Labute approximate surface area is 88.9 Å². The fourth-order valence-electron chi connectivity index (χ4n) is 2.00. The van der Waals surface area contributed by atoms with Crippen LogP contribution in [-0.4, -0.2) is 47.5 Å².